The van der Waals surface area contributed by atoms with E-state index in [1.54, 1.807) is 0 Å². The van der Waals surface area contributed by atoms with Crippen LogP contribution < -0.4 is 32.7 Å². The third-order valence-corrected chi connectivity index (χ3v) is 4.41. The number of imide groups is 2. The average molecular weight is 443 g/mol. The highest BCUT2D eigenvalue weighted by atomic mass is 16.2. The van der Waals surface area contributed by atoms with Crippen molar-refractivity contribution in [3.63, 3.8) is 0 Å². The van der Waals surface area contributed by atoms with Gasteiger partial charge in [-0.15, -0.1) is 0 Å². The summed E-state index contributed by atoms with van der Waals surface area (Å²) in [7, 11) is 0. The molecule has 12 heteroatoms. The van der Waals surface area contributed by atoms with Gasteiger partial charge in [0.05, 0.1) is 0 Å². The molecule has 0 aromatic carbocycles. The van der Waals surface area contributed by atoms with E-state index in [4.69, 9.17) is 11.5 Å². The molecular formula is C19H34N6O6. The molecule has 0 fully saturated rings. The maximum absolute atomic E-state index is 12.1. The Morgan fingerprint density at radius 1 is 0.645 bits per heavy atom. The highest BCUT2D eigenvalue weighted by Crippen LogP contribution is 2.05. The Hall–Kier alpha value is -2.86. The number of nitrogens with two attached hydrogens (primary N) is 2. The van der Waals surface area contributed by atoms with E-state index >= 15 is 0 Å². The van der Waals surface area contributed by atoms with Crippen LogP contribution in [0.5, 0.6) is 0 Å². The number of hydrogen-bond acceptors (Lipinski definition) is 8. The minimum Gasteiger partial charge on any atom is -0.344 e. The van der Waals surface area contributed by atoms with Crippen LogP contribution >= 0.6 is 0 Å². The average Bonchev–Trinajstić information content (AvgIpc) is 2.73. The second-order valence-electron chi connectivity index (χ2n) is 6.92. The van der Waals surface area contributed by atoms with Crippen LogP contribution in [0.15, 0.2) is 0 Å². The number of carbonyl (C=O) groups is 6. The monoisotopic (exact) mass is 442 g/mol. The summed E-state index contributed by atoms with van der Waals surface area (Å²) in [6.45, 7) is 0.895. The zero-order valence-corrected chi connectivity index (χ0v) is 17.7. The molecule has 6 amide bonds. The van der Waals surface area contributed by atoms with E-state index in [9.17, 15) is 28.8 Å². The van der Waals surface area contributed by atoms with Crippen molar-refractivity contribution in [1.29, 1.82) is 0 Å². The van der Waals surface area contributed by atoms with Crippen molar-refractivity contribution in [2.24, 2.45) is 11.5 Å². The summed E-state index contributed by atoms with van der Waals surface area (Å²) in [5.74, 6) is -2.10. The number of amides is 6. The Kier molecular flexibility index (Phi) is 16.3. The maximum atomic E-state index is 12.1. The third-order valence-electron chi connectivity index (χ3n) is 4.41. The Balaban J connectivity index is 4.52. The number of rotatable bonds is 18. The molecule has 2 unspecified atom stereocenters. The molecule has 2 atom stereocenters. The van der Waals surface area contributed by atoms with Crippen LogP contribution in [0.25, 0.3) is 0 Å². The first-order valence-corrected chi connectivity index (χ1v) is 10.4. The third kappa shape index (κ3) is 13.9. The van der Waals surface area contributed by atoms with Crippen LogP contribution in [0.3, 0.4) is 0 Å². The van der Waals surface area contributed by atoms with E-state index in [2.05, 4.69) is 10.6 Å². The highest BCUT2D eigenvalue weighted by molar-refractivity contribution is 5.94. The molecular weight excluding hydrogens is 408 g/mol. The summed E-state index contributed by atoms with van der Waals surface area (Å²) in [6.07, 6.45) is 3.86. The minimum absolute atomic E-state index is 0.0203. The summed E-state index contributed by atoms with van der Waals surface area (Å²) < 4.78 is 0. The lowest BCUT2D eigenvalue weighted by Gasteiger charge is -2.18. The molecule has 0 aromatic heterocycles. The van der Waals surface area contributed by atoms with E-state index in [1.807, 2.05) is 10.6 Å². The molecule has 0 saturated carbocycles. The second kappa shape index (κ2) is 18.0. The molecule has 31 heavy (non-hydrogen) atoms. The fourth-order valence-electron chi connectivity index (χ4n) is 2.78. The van der Waals surface area contributed by atoms with Gasteiger partial charge in [-0.25, -0.2) is 0 Å². The van der Waals surface area contributed by atoms with Gasteiger partial charge in [-0.05, 0) is 58.0 Å². The van der Waals surface area contributed by atoms with Gasteiger partial charge in [0.2, 0.25) is 36.4 Å². The summed E-state index contributed by atoms with van der Waals surface area (Å²) in [5.41, 5.74) is 10.8. The first-order valence-electron chi connectivity index (χ1n) is 10.4. The zero-order valence-electron chi connectivity index (χ0n) is 17.7. The van der Waals surface area contributed by atoms with Crippen LogP contribution in [0.2, 0.25) is 0 Å². The van der Waals surface area contributed by atoms with Gasteiger partial charge in [-0.3, -0.25) is 39.4 Å². The van der Waals surface area contributed by atoms with Crippen LogP contribution in [0.4, 0.5) is 0 Å². The lowest BCUT2D eigenvalue weighted by Crippen LogP contribution is -2.47. The van der Waals surface area contributed by atoms with Gasteiger partial charge in [0, 0.05) is 12.8 Å². The van der Waals surface area contributed by atoms with Crippen LogP contribution in [0, 0.1) is 0 Å². The summed E-state index contributed by atoms with van der Waals surface area (Å²) >= 11 is 0. The Morgan fingerprint density at radius 3 is 1.35 bits per heavy atom. The predicted molar refractivity (Wildman–Crippen MR) is 112 cm³/mol. The van der Waals surface area contributed by atoms with Crippen molar-refractivity contribution in [2.75, 3.05) is 13.1 Å². The zero-order chi connectivity index (χ0) is 23.5. The molecule has 0 aliphatic carbocycles. The lowest BCUT2D eigenvalue weighted by atomic mass is 10.1. The van der Waals surface area contributed by atoms with Gasteiger partial charge in [-0.2, -0.15) is 0 Å². The predicted octanol–water partition coefficient (Wildman–Crippen LogP) is -2.07. The Bertz CT molecular complexity index is 550. The first kappa shape index (κ1) is 28.1. The van der Waals surface area contributed by atoms with Gasteiger partial charge in [-0.1, -0.05) is 0 Å². The molecule has 176 valence electrons. The number of carbonyl (C=O) groups excluding carboxylic acids is 6. The SMILES string of the molecule is NCCCCC(NC(=O)CCCC(=O)NC(CCCCN)C(=O)NC=O)C(=O)NC=O. The smallest absolute Gasteiger partial charge is 0.248 e. The molecule has 0 aliphatic heterocycles. The fourth-order valence-corrected chi connectivity index (χ4v) is 2.78. The Labute approximate surface area is 181 Å². The highest BCUT2D eigenvalue weighted by Gasteiger charge is 2.21. The summed E-state index contributed by atoms with van der Waals surface area (Å²) in [4.78, 5) is 68.9. The molecule has 12 nitrogen and oxygen atoms in total. The lowest BCUT2D eigenvalue weighted by molar-refractivity contribution is -0.132. The number of unbranched alkanes of at least 4 members (excludes halogenated alkanes) is 2. The molecule has 0 aliphatic rings. The molecule has 0 saturated heterocycles. The van der Waals surface area contributed by atoms with Gasteiger partial charge in [0.15, 0.2) is 0 Å². The number of hydrogen-bond donors (Lipinski definition) is 6. The fraction of sp³-hybridized carbons (Fsp3) is 0.684. The van der Waals surface area contributed by atoms with Crippen molar-refractivity contribution in [3.05, 3.63) is 0 Å². The molecule has 0 spiro atoms. The van der Waals surface area contributed by atoms with Gasteiger partial charge in [0.25, 0.3) is 0 Å². The largest absolute Gasteiger partial charge is 0.344 e. The first-order chi connectivity index (χ1) is 14.9. The Morgan fingerprint density at radius 2 is 1.03 bits per heavy atom. The van der Waals surface area contributed by atoms with Crippen LogP contribution in [-0.2, 0) is 28.8 Å². The second-order valence-corrected chi connectivity index (χ2v) is 6.92. The number of nitrogens with one attached hydrogen (secondary N) is 4. The normalized spacial score (nSPS) is 12.2. The minimum atomic E-state index is -0.864. The topological polar surface area (TPSA) is 203 Å². The molecule has 0 bridgehead atoms. The molecule has 0 aromatic rings. The van der Waals surface area contributed by atoms with E-state index in [0.29, 0.717) is 51.6 Å². The van der Waals surface area contributed by atoms with Gasteiger partial charge in [0.1, 0.15) is 12.1 Å². The van der Waals surface area contributed by atoms with Crippen LogP contribution in [-0.4, -0.2) is 61.6 Å². The van der Waals surface area contributed by atoms with Gasteiger partial charge >= 0.3 is 0 Å². The van der Waals surface area contributed by atoms with E-state index in [1.165, 1.54) is 0 Å². The van der Waals surface area contributed by atoms with E-state index < -0.39 is 35.7 Å². The van der Waals surface area contributed by atoms with E-state index in [-0.39, 0.29) is 32.1 Å². The molecule has 0 heterocycles. The van der Waals surface area contributed by atoms with Crippen molar-refractivity contribution in [2.45, 2.75) is 69.9 Å². The molecule has 8 N–H and O–H groups in total. The van der Waals surface area contributed by atoms with E-state index in [0.717, 1.165) is 0 Å². The van der Waals surface area contributed by atoms with Crippen molar-refractivity contribution in [3.8, 4) is 0 Å². The van der Waals surface area contributed by atoms with Gasteiger partial charge < -0.3 is 22.1 Å². The van der Waals surface area contributed by atoms with Crippen molar-refractivity contribution >= 4 is 36.4 Å². The van der Waals surface area contributed by atoms with Crippen molar-refractivity contribution in [1.82, 2.24) is 21.3 Å². The summed E-state index contributed by atoms with van der Waals surface area (Å²) in [6, 6.07) is -1.73. The quantitative estimate of drug-likeness (QED) is 0.102. The van der Waals surface area contributed by atoms with Crippen LogP contribution in [0.1, 0.15) is 57.8 Å². The maximum Gasteiger partial charge on any atom is 0.248 e. The van der Waals surface area contributed by atoms with Crippen molar-refractivity contribution < 1.29 is 28.8 Å². The summed E-state index contributed by atoms with van der Waals surface area (Å²) in [5, 5.41) is 9.13. The standard InChI is InChI=1S/C19H34N6O6/c20-10-3-1-6-14(18(30)22-12-26)24-16(28)8-5-9-17(29)25-15(7-2-4-11-21)19(31)23-13-27/h12-15H,1-11,20-21H2,(H,24,28)(H,25,29)(H,22,26,30)(H,23,27,31). The molecule has 0 radical (unpaired) electrons. The molecule has 0 rings (SSSR count).